The molecule has 0 aliphatic heterocycles. The van der Waals surface area contributed by atoms with Gasteiger partial charge in [-0.15, -0.1) is 11.8 Å². The smallest absolute Gasteiger partial charge is 0.253 e. The number of benzene rings is 2. The Kier molecular flexibility index (Phi) is 5.43. The van der Waals surface area contributed by atoms with E-state index in [-0.39, 0.29) is 17.9 Å². The molecule has 4 nitrogen and oxygen atoms in total. The maximum Gasteiger partial charge on any atom is 0.253 e. The zero-order chi connectivity index (χ0) is 17.8. The lowest BCUT2D eigenvalue weighted by Crippen LogP contribution is -2.27. The summed E-state index contributed by atoms with van der Waals surface area (Å²) in [7, 11) is 0. The lowest BCUT2D eigenvalue weighted by atomic mass is 10.1. The summed E-state index contributed by atoms with van der Waals surface area (Å²) in [6.45, 7) is 4.08. The summed E-state index contributed by atoms with van der Waals surface area (Å²) in [6.07, 6.45) is 2.07. The van der Waals surface area contributed by atoms with Gasteiger partial charge < -0.3 is 10.6 Å². The molecule has 1 aliphatic carbocycles. The molecule has 0 aromatic heterocycles. The van der Waals surface area contributed by atoms with Gasteiger partial charge in [-0.2, -0.15) is 0 Å². The van der Waals surface area contributed by atoms with E-state index in [4.69, 9.17) is 0 Å². The van der Waals surface area contributed by atoms with Crippen LogP contribution in [0, 0.1) is 13.8 Å². The number of anilines is 1. The molecular formula is C20H22N2O2S. The predicted molar refractivity (Wildman–Crippen MR) is 102 cm³/mol. The fraction of sp³-hybridized carbons (Fsp3) is 0.300. The molecule has 3 rings (SSSR count). The molecule has 5 heteroatoms. The molecule has 2 N–H and O–H groups in total. The Balaban J connectivity index is 1.62. The number of hydrogen-bond donors (Lipinski definition) is 2. The summed E-state index contributed by atoms with van der Waals surface area (Å²) in [4.78, 5) is 25.7. The van der Waals surface area contributed by atoms with Crippen LogP contribution in [0.25, 0.3) is 0 Å². The van der Waals surface area contributed by atoms with Gasteiger partial charge in [0.1, 0.15) is 0 Å². The van der Waals surface area contributed by atoms with E-state index in [1.807, 2.05) is 26.0 Å². The summed E-state index contributed by atoms with van der Waals surface area (Å²) in [6, 6.07) is 13.6. The molecule has 0 saturated heterocycles. The number of amides is 2. The number of nitrogens with one attached hydrogen (secondary N) is 2. The molecule has 2 aromatic rings. The number of carbonyl (C=O) groups excluding carboxylic acids is 2. The van der Waals surface area contributed by atoms with Gasteiger partial charge in [0.25, 0.3) is 5.91 Å². The van der Waals surface area contributed by atoms with Crippen molar-refractivity contribution in [3.05, 3.63) is 59.2 Å². The maximum atomic E-state index is 12.3. The average Bonchev–Trinajstić information content (AvgIpc) is 3.40. The van der Waals surface area contributed by atoms with E-state index in [0.717, 1.165) is 23.3 Å². The minimum Gasteiger partial charge on any atom is -0.349 e. The number of aryl methyl sites for hydroxylation is 2. The standard InChI is InChI=1S/C20H22N2O2S/c1-13-7-8-14(2)18(11-13)25-12-19(23)22-17-6-4-3-5-16(17)20(24)21-15-9-10-15/h3-8,11,15H,9-10,12H2,1-2H3,(H,21,24)(H,22,23). The highest BCUT2D eigenvalue weighted by Gasteiger charge is 2.25. The van der Waals surface area contributed by atoms with Gasteiger partial charge in [-0.3, -0.25) is 9.59 Å². The molecule has 0 spiro atoms. The Morgan fingerprint density at radius 3 is 2.64 bits per heavy atom. The summed E-state index contributed by atoms with van der Waals surface area (Å²) in [5, 5.41) is 5.83. The van der Waals surface area contributed by atoms with Crippen LogP contribution in [-0.2, 0) is 4.79 Å². The van der Waals surface area contributed by atoms with Gasteiger partial charge in [0.15, 0.2) is 0 Å². The largest absolute Gasteiger partial charge is 0.349 e. The number of hydrogen-bond acceptors (Lipinski definition) is 3. The van der Waals surface area contributed by atoms with Crippen LogP contribution < -0.4 is 10.6 Å². The lowest BCUT2D eigenvalue weighted by Gasteiger charge is -2.11. The van der Waals surface area contributed by atoms with Crippen molar-refractivity contribution in [2.24, 2.45) is 0 Å². The molecule has 0 unspecified atom stereocenters. The first-order valence-electron chi connectivity index (χ1n) is 8.43. The molecule has 1 fully saturated rings. The van der Waals surface area contributed by atoms with Crippen LogP contribution in [0.1, 0.15) is 34.3 Å². The Morgan fingerprint density at radius 2 is 1.88 bits per heavy atom. The highest BCUT2D eigenvalue weighted by Crippen LogP contribution is 2.25. The first-order valence-corrected chi connectivity index (χ1v) is 9.41. The van der Waals surface area contributed by atoms with Crippen molar-refractivity contribution in [2.75, 3.05) is 11.1 Å². The van der Waals surface area contributed by atoms with Crippen LogP contribution in [-0.4, -0.2) is 23.6 Å². The Hall–Kier alpha value is -2.27. The first kappa shape index (κ1) is 17.5. The molecule has 2 aromatic carbocycles. The van der Waals surface area contributed by atoms with Crippen molar-refractivity contribution >= 4 is 29.3 Å². The van der Waals surface area contributed by atoms with Gasteiger partial charge in [-0.05, 0) is 50.5 Å². The summed E-state index contributed by atoms with van der Waals surface area (Å²) in [5.41, 5.74) is 3.41. The molecule has 1 aliphatic rings. The minimum absolute atomic E-state index is 0.113. The van der Waals surface area contributed by atoms with Crippen molar-refractivity contribution in [1.29, 1.82) is 0 Å². The van der Waals surface area contributed by atoms with E-state index >= 15 is 0 Å². The third-order valence-corrected chi connectivity index (χ3v) is 5.22. The zero-order valence-electron chi connectivity index (χ0n) is 14.5. The molecule has 0 radical (unpaired) electrons. The zero-order valence-corrected chi connectivity index (χ0v) is 15.3. The summed E-state index contributed by atoms with van der Waals surface area (Å²) in [5.74, 6) is 0.0706. The monoisotopic (exact) mass is 354 g/mol. The van der Waals surface area contributed by atoms with Gasteiger partial charge in [0.05, 0.1) is 17.0 Å². The molecule has 1 saturated carbocycles. The molecule has 2 amide bonds. The lowest BCUT2D eigenvalue weighted by molar-refractivity contribution is -0.113. The molecule has 0 heterocycles. The van der Waals surface area contributed by atoms with Crippen molar-refractivity contribution in [3.63, 3.8) is 0 Å². The Labute approximate surface area is 152 Å². The number of para-hydroxylation sites is 1. The molecule has 0 atom stereocenters. The first-order chi connectivity index (χ1) is 12.0. The third kappa shape index (κ3) is 4.86. The summed E-state index contributed by atoms with van der Waals surface area (Å²) < 4.78 is 0. The third-order valence-electron chi connectivity index (χ3n) is 4.06. The number of carbonyl (C=O) groups is 2. The van der Waals surface area contributed by atoms with Crippen molar-refractivity contribution in [1.82, 2.24) is 5.32 Å². The molecule has 0 bridgehead atoms. The van der Waals surface area contributed by atoms with Crippen LogP contribution in [0.2, 0.25) is 0 Å². The predicted octanol–water partition coefficient (Wildman–Crippen LogP) is 3.93. The topological polar surface area (TPSA) is 58.2 Å². The highest BCUT2D eigenvalue weighted by molar-refractivity contribution is 8.00. The second kappa shape index (κ2) is 7.74. The van der Waals surface area contributed by atoms with E-state index in [1.165, 1.54) is 17.3 Å². The second-order valence-corrected chi connectivity index (χ2v) is 7.42. The van der Waals surface area contributed by atoms with Gasteiger partial charge in [-0.1, -0.05) is 29.8 Å². The van der Waals surface area contributed by atoms with E-state index in [2.05, 4.69) is 28.8 Å². The van der Waals surface area contributed by atoms with Gasteiger partial charge in [0, 0.05) is 10.9 Å². The molecular weight excluding hydrogens is 332 g/mol. The highest BCUT2D eigenvalue weighted by atomic mass is 32.2. The van der Waals surface area contributed by atoms with E-state index < -0.39 is 0 Å². The van der Waals surface area contributed by atoms with Crippen LogP contribution >= 0.6 is 11.8 Å². The van der Waals surface area contributed by atoms with Crippen LogP contribution in [0.5, 0.6) is 0 Å². The molecule has 25 heavy (non-hydrogen) atoms. The van der Waals surface area contributed by atoms with Crippen LogP contribution in [0.15, 0.2) is 47.4 Å². The number of rotatable bonds is 6. The average molecular weight is 354 g/mol. The SMILES string of the molecule is Cc1ccc(C)c(SCC(=O)Nc2ccccc2C(=O)NC2CC2)c1. The van der Waals surface area contributed by atoms with E-state index in [9.17, 15) is 9.59 Å². The quantitative estimate of drug-likeness (QED) is 0.773. The van der Waals surface area contributed by atoms with Crippen molar-refractivity contribution in [3.8, 4) is 0 Å². The van der Waals surface area contributed by atoms with Gasteiger partial charge >= 0.3 is 0 Å². The fourth-order valence-corrected chi connectivity index (χ4v) is 3.40. The van der Waals surface area contributed by atoms with Crippen molar-refractivity contribution in [2.45, 2.75) is 37.6 Å². The second-order valence-electron chi connectivity index (χ2n) is 6.40. The van der Waals surface area contributed by atoms with Gasteiger partial charge in [-0.25, -0.2) is 0 Å². The fourth-order valence-electron chi connectivity index (χ4n) is 2.47. The number of thioether (sulfide) groups is 1. The van der Waals surface area contributed by atoms with E-state index in [0.29, 0.717) is 17.0 Å². The summed E-state index contributed by atoms with van der Waals surface area (Å²) >= 11 is 1.51. The van der Waals surface area contributed by atoms with Crippen molar-refractivity contribution < 1.29 is 9.59 Å². The van der Waals surface area contributed by atoms with Crippen LogP contribution in [0.3, 0.4) is 0 Å². The minimum atomic E-state index is -0.124. The van der Waals surface area contributed by atoms with Crippen LogP contribution in [0.4, 0.5) is 5.69 Å². The Morgan fingerprint density at radius 1 is 1.12 bits per heavy atom. The normalized spacial score (nSPS) is 13.4. The Bertz CT molecular complexity index is 800. The maximum absolute atomic E-state index is 12.3. The van der Waals surface area contributed by atoms with Gasteiger partial charge in [0.2, 0.25) is 5.91 Å². The van der Waals surface area contributed by atoms with E-state index in [1.54, 1.807) is 12.1 Å². The molecule has 130 valence electrons.